The highest BCUT2D eigenvalue weighted by Gasteiger charge is 2.38. The van der Waals surface area contributed by atoms with Gasteiger partial charge in [-0.25, -0.2) is 0 Å². The summed E-state index contributed by atoms with van der Waals surface area (Å²) in [6.07, 6.45) is 2.55. The van der Waals surface area contributed by atoms with E-state index in [4.69, 9.17) is 4.74 Å². The van der Waals surface area contributed by atoms with Crippen molar-refractivity contribution < 1.29 is 14.6 Å². The number of benzene rings is 2. The quantitative estimate of drug-likeness (QED) is 0.396. The summed E-state index contributed by atoms with van der Waals surface area (Å²) < 4.78 is 6.21. The lowest BCUT2D eigenvalue weighted by molar-refractivity contribution is -0.394. The number of rotatable bonds is 6. The third-order valence-corrected chi connectivity index (χ3v) is 7.00. The normalized spacial score (nSPS) is 21.8. The van der Waals surface area contributed by atoms with Crippen molar-refractivity contribution in [2.24, 2.45) is 11.3 Å². The molecule has 0 bridgehead atoms. The lowest BCUT2D eigenvalue weighted by Gasteiger charge is -2.41. The zero-order valence-corrected chi connectivity index (χ0v) is 18.1. The summed E-state index contributed by atoms with van der Waals surface area (Å²) in [6, 6.07) is 13.6. The topological polar surface area (TPSA) is 95.5 Å². The Labute approximate surface area is 180 Å². The van der Waals surface area contributed by atoms with Crippen LogP contribution in [0.15, 0.2) is 53.4 Å². The first-order valence-electron chi connectivity index (χ1n) is 9.96. The molecule has 2 aromatic rings. The van der Waals surface area contributed by atoms with Gasteiger partial charge in [-0.3, -0.25) is 20.2 Å². The molecule has 0 aliphatic heterocycles. The van der Waals surface area contributed by atoms with Crippen LogP contribution in [-0.4, -0.2) is 21.2 Å². The van der Waals surface area contributed by atoms with Crippen molar-refractivity contribution in [3.8, 4) is 5.75 Å². The van der Waals surface area contributed by atoms with Crippen LogP contribution in [0.2, 0.25) is 0 Å². The third-order valence-electron chi connectivity index (χ3n) is 5.61. The number of thioether (sulfide) groups is 1. The van der Waals surface area contributed by atoms with Crippen LogP contribution in [0, 0.1) is 31.6 Å². The standard InChI is InChI=1S/C22H26N2O5S/c1-22(2,3)15-9-12-21(30-17-7-5-4-6-8-17)20(13-15)29-19-11-10-16(23(25)26)14-18(19)24(27)28/h4-8,10-11,14-15,20-21H,9,12-13H2,1-3H3/t15-,20+,21+/m0/s1. The Kier molecular flexibility index (Phi) is 6.65. The van der Waals surface area contributed by atoms with E-state index in [1.165, 1.54) is 12.1 Å². The Morgan fingerprint density at radius 2 is 1.70 bits per heavy atom. The second kappa shape index (κ2) is 9.04. The Hall–Kier alpha value is -2.61. The lowest BCUT2D eigenvalue weighted by Crippen LogP contribution is -2.40. The van der Waals surface area contributed by atoms with E-state index < -0.39 is 9.85 Å². The van der Waals surface area contributed by atoms with Gasteiger partial charge in [-0.1, -0.05) is 39.0 Å². The smallest absolute Gasteiger partial charge is 0.317 e. The molecule has 0 unspecified atom stereocenters. The molecule has 0 amide bonds. The zero-order valence-electron chi connectivity index (χ0n) is 17.3. The molecule has 0 spiro atoms. The van der Waals surface area contributed by atoms with Crippen molar-refractivity contribution in [3.05, 3.63) is 68.8 Å². The average Bonchev–Trinajstić information content (AvgIpc) is 2.69. The highest BCUT2D eigenvalue weighted by atomic mass is 32.2. The molecule has 1 aliphatic rings. The van der Waals surface area contributed by atoms with E-state index >= 15 is 0 Å². The van der Waals surface area contributed by atoms with E-state index in [1.54, 1.807) is 11.8 Å². The van der Waals surface area contributed by atoms with Crippen molar-refractivity contribution in [2.45, 2.75) is 56.3 Å². The minimum Gasteiger partial charge on any atom is -0.482 e. The Balaban J connectivity index is 1.89. The first kappa shape index (κ1) is 22.1. The summed E-state index contributed by atoms with van der Waals surface area (Å²) in [6.45, 7) is 6.61. The van der Waals surface area contributed by atoms with Crippen LogP contribution in [0.4, 0.5) is 11.4 Å². The Bertz CT molecular complexity index is 913. The molecule has 0 N–H and O–H groups in total. The fourth-order valence-corrected chi connectivity index (χ4v) is 5.08. The van der Waals surface area contributed by atoms with E-state index in [0.717, 1.165) is 30.2 Å². The monoisotopic (exact) mass is 430 g/mol. The van der Waals surface area contributed by atoms with Gasteiger partial charge in [-0.2, -0.15) is 0 Å². The molecule has 160 valence electrons. The number of ether oxygens (including phenoxy) is 1. The molecule has 8 heteroatoms. The predicted octanol–water partition coefficient (Wildman–Crippen LogP) is 6.26. The van der Waals surface area contributed by atoms with Gasteiger partial charge in [-0.15, -0.1) is 11.8 Å². The maximum absolute atomic E-state index is 11.5. The van der Waals surface area contributed by atoms with Gasteiger partial charge in [0.2, 0.25) is 0 Å². The molecule has 0 saturated heterocycles. The molecule has 3 rings (SSSR count). The number of nitro benzene ring substituents is 2. The summed E-state index contributed by atoms with van der Waals surface area (Å²) in [4.78, 5) is 22.4. The van der Waals surface area contributed by atoms with E-state index in [-0.39, 0.29) is 33.9 Å². The first-order chi connectivity index (χ1) is 14.1. The predicted molar refractivity (Wildman–Crippen MR) is 117 cm³/mol. The molecule has 1 saturated carbocycles. The fraction of sp³-hybridized carbons (Fsp3) is 0.455. The second-order valence-corrected chi connectivity index (χ2v) is 9.98. The van der Waals surface area contributed by atoms with Crippen LogP contribution in [0.1, 0.15) is 40.0 Å². The van der Waals surface area contributed by atoms with Crippen molar-refractivity contribution in [1.29, 1.82) is 0 Å². The van der Waals surface area contributed by atoms with Crippen LogP contribution in [0.3, 0.4) is 0 Å². The molecule has 30 heavy (non-hydrogen) atoms. The number of nitrogens with zero attached hydrogens (tertiary/aromatic N) is 2. The number of hydrogen-bond acceptors (Lipinski definition) is 6. The summed E-state index contributed by atoms with van der Waals surface area (Å²) in [5.41, 5.74) is -0.586. The van der Waals surface area contributed by atoms with Crippen LogP contribution in [-0.2, 0) is 0 Å². The zero-order chi connectivity index (χ0) is 21.9. The SMILES string of the molecule is CC(C)(C)[C@H]1CC[C@@H](Sc2ccccc2)[C@H](Oc2ccc([N+](=O)[O-])cc2[N+](=O)[O-])C1. The third kappa shape index (κ3) is 5.30. The molecular formula is C22H26N2O5S. The Morgan fingerprint density at radius 1 is 1.00 bits per heavy atom. The molecule has 0 radical (unpaired) electrons. The molecule has 2 aromatic carbocycles. The molecule has 0 heterocycles. The minimum atomic E-state index is -0.638. The number of non-ortho nitro benzene ring substituents is 1. The van der Waals surface area contributed by atoms with Crippen molar-refractivity contribution in [1.82, 2.24) is 0 Å². The van der Waals surface area contributed by atoms with Gasteiger partial charge in [0.25, 0.3) is 5.69 Å². The maximum Gasteiger partial charge on any atom is 0.317 e. The van der Waals surface area contributed by atoms with Crippen LogP contribution in [0.5, 0.6) is 5.75 Å². The number of nitro groups is 2. The highest BCUT2D eigenvalue weighted by Crippen LogP contribution is 2.45. The number of hydrogen-bond donors (Lipinski definition) is 0. The highest BCUT2D eigenvalue weighted by molar-refractivity contribution is 8.00. The van der Waals surface area contributed by atoms with Crippen LogP contribution in [0.25, 0.3) is 0 Å². The van der Waals surface area contributed by atoms with Gasteiger partial charge in [0.1, 0.15) is 6.10 Å². The summed E-state index contributed by atoms with van der Waals surface area (Å²) in [5.74, 6) is 0.510. The van der Waals surface area contributed by atoms with Gasteiger partial charge in [0, 0.05) is 16.2 Å². The van der Waals surface area contributed by atoms with Crippen molar-refractivity contribution in [3.63, 3.8) is 0 Å². The van der Waals surface area contributed by atoms with Crippen molar-refractivity contribution in [2.75, 3.05) is 0 Å². The fourth-order valence-electron chi connectivity index (χ4n) is 3.85. The minimum absolute atomic E-state index is 0.0869. The molecule has 7 nitrogen and oxygen atoms in total. The molecule has 1 aliphatic carbocycles. The summed E-state index contributed by atoms with van der Waals surface area (Å²) >= 11 is 1.72. The molecule has 3 atom stereocenters. The lowest BCUT2D eigenvalue weighted by atomic mass is 9.71. The van der Waals surface area contributed by atoms with Gasteiger partial charge >= 0.3 is 5.69 Å². The largest absolute Gasteiger partial charge is 0.482 e. The van der Waals surface area contributed by atoms with Crippen LogP contribution < -0.4 is 4.74 Å². The van der Waals surface area contributed by atoms with E-state index in [9.17, 15) is 20.2 Å². The molecule has 0 aromatic heterocycles. The van der Waals surface area contributed by atoms with Crippen LogP contribution >= 0.6 is 11.8 Å². The van der Waals surface area contributed by atoms with E-state index in [0.29, 0.717) is 5.92 Å². The van der Waals surface area contributed by atoms with E-state index in [2.05, 4.69) is 20.8 Å². The van der Waals surface area contributed by atoms with Gasteiger partial charge < -0.3 is 4.74 Å². The summed E-state index contributed by atoms with van der Waals surface area (Å²) in [7, 11) is 0. The maximum atomic E-state index is 11.5. The van der Waals surface area contributed by atoms with Crippen molar-refractivity contribution >= 4 is 23.1 Å². The average molecular weight is 431 g/mol. The van der Waals surface area contributed by atoms with Gasteiger partial charge in [0.05, 0.1) is 15.9 Å². The first-order valence-corrected chi connectivity index (χ1v) is 10.8. The molecular weight excluding hydrogens is 404 g/mol. The Morgan fingerprint density at radius 3 is 2.30 bits per heavy atom. The van der Waals surface area contributed by atoms with Gasteiger partial charge in [-0.05, 0) is 48.8 Å². The van der Waals surface area contributed by atoms with Gasteiger partial charge in [0.15, 0.2) is 5.75 Å². The molecule has 1 fully saturated rings. The van der Waals surface area contributed by atoms with E-state index in [1.807, 2.05) is 30.3 Å². The second-order valence-electron chi connectivity index (χ2n) is 8.67. The summed E-state index contributed by atoms with van der Waals surface area (Å²) in [5, 5.41) is 22.7.